The van der Waals surface area contributed by atoms with Crippen molar-refractivity contribution >= 4 is 34.9 Å². The molecule has 2 aromatic rings. The molecule has 0 radical (unpaired) electrons. The lowest BCUT2D eigenvalue weighted by Gasteiger charge is -2.10. The summed E-state index contributed by atoms with van der Waals surface area (Å²) < 4.78 is 0. The highest BCUT2D eigenvalue weighted by Gasteiger charge is 2.10. The van der Waals surface area contributed by atoms with Gasteiger partial charge in [-0.05, 0) is 37.5 Å². The van der Waals surface area contributed by atoms with Gasteiger partial charge in [-0.15, -0.1) is 0 Å². The molecule has 1 aromatic carbocycles. The Morgan fingerprint density at radius 2 is 1.96 bits per heavy atom. The fourth-order valence-electron chi connectivity index (χ4n) is 2.15. The van der Waals surface area contributed by atoms with Gasteiger partial charge < -0.3 is 10.6 Å². The molecule has 0 spiro atoms. The molecule has 1 heterocycles. The Labute approximate surface area is 151 Å². The number of amides is 1. The summed E-state index contributed by atoms with van der Waals surface area (Å²) in [5.41, 5.74) is 1.36. The van der Waals surface area contributed by atoms with E-state index in [4.69, 9.17) is 23.2 Å². The maximum absolute atomic E-state index is 12.0. The van der Waals surface area contributed by atoms with Gasteiger partial charge in [0.2, 0.25) is 0 Å². The van der Waals surface area contributed by atoms with Gasteiger partial charge >= 0.3 is 0 Å². The summed E-state index contributed by atoms with van der Waals surface area (Å²) >= 11 is 12.1. The number of halogens is 2. The van der Waals surface area contributed by atoms with E-state index in [1.807, 2.05) is 19.1 Å². The highest BCUT2D eigenvalue weighted by atomic mass is 35.5. The number of aromatic nitrogens is 2. The van der Waals surface area contributed by atoms with E-state index >= 15 is 0 Å². The standard InChI is InChI=1S/C17H20Cl2N4O/c1-3-7-21-17(24)15-10-16(23-11(2)22-15)20-8-6-12-4-5-13(18)9-14(12)19/h4-5,9-10H,3,6-8H2,1-2H3,(H,21,24)(H,20,22,23). The highest BCUT2D eigenvalue weighted by Crippen LogP contribution is 2.21. The quantitative estimate of drug-likeness (QED) is 0.779. The third-order valence-electron chi connectivity index (χ3n) is 3.32. The van der Waals surface area contributed by atoms with Gasteiger partial charge in [-0.1, -0.05) is 36.2 Å². The van der Waals surface area contributed by atoms with Crippen LogP contribution < -0.4 is 10.6 Å². The Kier molecular flexibility index (Phi) is 6.82. The van der Waals surface area contributed by atoms with Crippen LogP contribution in [0.1, 0.15) is 35.2 Å². The van der Waals surface area contributed by atoms with Crippen LogP contribution in [-0.2, 0) is 6.42 Å². The van der Waals surface area contributed by atoms with Gasteiger partial charge in [0.15, 0.2) is 0 Å². The van der Waals surface area contributed by atoms with Crippen LogP contribution in [0.3, 0.4) is 0 Å². The van der Waals surface area contributed by atoms with Crippen LogP contribution in [0.5, 0.6) is 0 Å². The van der Waals surface area contributed by atoms with Crippen molar-refractivity contribution in [1.82, 2.24) is 15.3 Å². The number of nitrogens with zero attached hydrogens (tertiary/aromatic N) is 2. The van der Waals surface area contributed by atoms with Gasteiger partial charge in [-0.2, -0.15) is 0 Å². The van der Waals surface area contributed by atoms with Crippen molar-refractivity contribution in [3.8, 4) is 0 Å². The first-order valence-corrected chi connectivity index (χ1v) is 8.57. The molecule has 24 heavy (non-hydrogen) atoms. The number of carbonyl (C=O) groups excluding carboxylic acids is 1. The zero-order valence-electron chi connectivity index (χ0n) is 13.7. The summed E-state index contributed by atoms with van der Waals surface area (Å²) in [4.78, 5) is 20.5. The molecule has 0 saturated heterocycles. The molecule has 5 nitrogen and oxygen atoms in total. The molecule has 2 rings (SSSR count). The smallest absolute Gasteiger partial charge is 0.270 e. The van der Waals surface area contributed by atoms with Crippen LogP contribution in [0.25, 0.3) is 0 Å². The van der Waals surface area contributed by atoms with E-state index in [-0.39, 0.29) is 5.91 Å². The van der Waals surface area contributed by atoms with Crippen LogP contribution in [0.4, 0.5) is 5.82 Å². The van der Waals surface area contributed by atoms with Crippen molar-refractivity contribution in [3.05, 3.63) is 51.4 Å². The van der Waals surface area contributed by atoms with Gasteiger partial charge in [0.05, 0.1) is 0 Å². The number of hydrogen-bond acceptors (Lipinski definition) is 4. The van der Waals surface area contributed by atoms with Crippen molar-refractivity contribution in [2.75, 3.05) is 18.4 Å². The van der Waals surface area contributed by atoms with Crippen molar-refractivity contribution in [3.63, 3.8) is 0 Å². The van der Waals surface area contributed by atoms with E-state index in [1.54, 1.807) is 19.1 Å². The van der Waals surface area contributed by atoms with Crippen molar-refractivity contribution < 1.29 is 4.79 Å². The number of hydrogen-bond donors (Lipinski definition) is 2. The van der Waals surface area contributed by atoms with Gasteiger partial charge in [0.1, 0.15) is 17.3 Å². The Morgan fingerprint density at radius 3 is 2.67 bits per heavy atom. The molecule has 0 fully saturated rings. The molecule has 0 unspecified atom stereocenters. The molecule has 0 aliphatic heterocycles. The number of aryl methyl sites for hydroxylation is 1. The third kappa shape index (κ3) is 5.35. The number of rotatable bonds is 7. The summed E-state index contributed by atoms with van der Waals surface area (Å²) in [5.74, 6) is 0.978. The summed E-state index contributed by atoms with van der Waals surface area (Å²) in [6.07, 6.45) is 1.60. The van der Waals surface area contributed by atoms with E-state index in [1.165, 1.54) is 0 Å². The van der Waals surface area contributed by atoms with Crippen molar-refractivity contribution in [1.29, 1.82) is 0 Å². The first-order valence-electron chi connectivity index (χ1n) is 7.81. The van der Waals surface area contributed by atoms with Crippen LogP contribution in [0.15, 0.2) is 24.3 Å². The summed E-state index contributed by atoms with van der Waals surface area (Å²) in [7, 11) is 0. The molecular weight excluding hydrogens is 347 g/mol. The van der Waals surface area contributed by atoms with E-state index in [9.17, 15) is 4.79 Å². The number of benzene rings is 1. The number of carbonyl (C=O) groups is 1. The Balaban J connectivity index is 1.99. The van der Waals surface area contributed by atoms with Gasteiger partial charge in [-0.3, -0.25) is 4.79 Å². The average molecular weight is 367 g/mol. The lowest BCUT2D eigenvalue weighted by Crippen LogP contribution is -2.25. The molecule has 0 saturated carbocycles. The fourth-order valence-corrected chi connectivity index (χ4v) is 2.66. The minimum Gasteiger partial charge on any atom is -0.370 e. The zero-order valence-corrected chi connectivity index (χ0v) is 15.2. The predicted octanol–water partition coefficient (Wildman–Crippen LogP) is 3.89. The highest BCUT2D eigenvalue weighted by molar-refractivity contribution is 6.35. The second kappa shape index (κ2) is 8.85. The second-order valence-electron chi connectivity index (χ2n) is 5.35. The lowest BCUT2D eigenvalue weighted by molar-refractivity contribution is 0.0948. The van der Waals surface area contributed by atoms with Gasteiger partial charge in [-0.25, -0.2) is 9.97 Å². The van der Waals surface area contributed by atoms with Crippen LogP contribution >= 0.6 is 23.2 Å². The summed E-state index contributed by atoms with van der Waals surface area (Å²) in [6.45, 7) is 5.02. The first kappa shape index (κ1) is 18.5. The topological polar surface area (TPSA) is 66.9 Å². The largest absolute Gasteiger partial charge is 0.370 e. The minimum atomic E-state index is -0.189. The summed E-state index contributed by atoms with van der Waals surface area (Å²) in [6, 6.07) is 7.10. The summed E-state index contributed by atoms with van der Waals surface area (Å²) in [5, 5.41) is 7.27. The first-order chi connectivity index (χ1) is 11.5. The number of anilines is 1. The maximum Gasteiger partial charge on any atom is 0.270 e. The van der Waals surface area contributed by atoms with E-state index in [0.29, 0.717) is 40.5 Å². The average Bonchev–Trinajstić information content (AvgIpc) is 2.54. The molecule has 0 aliphatic rings. The molecule has 128 valence electrons. The Morgan fingerprint density at radius 1 is 1.17 bits per heavy atom. The van der Waals surface area contributed by atoms with Gasteiger partial charge in [0, 0.05) is 29.2 Å². The molecule has 1 aromatic heterocycles. The van der Waals surface area contributed by atoms with Crippen LogP contribution in [-0.4, -0.2) is 29.0 Å². The molecule has 0 aliphatic carbocycles. The van der Waals surface area contributed by atoms with Crippen molar-refractivity contribution in [2.45, 2.75) is 26.7 Å². The predicted molar refractivity (Wildman–Crippen MR) is 98.0 cm³/mol. The van der Waals surface area contributed by atoms with E-state index in [0.717, 1.165) is 18.4 Å². The normalized spacial score (nSPS) is 10.5. The molecule has 0 bridgehead atoms. The molecule has 2 N–H and O–H groups in total. The fraction of sp³-hybridized carbons (Fsp3) is 0.353. The maximum atomic E-state index is 12.0. The monoisotopic (exact) mass is 366 g/mol. The SMILES string of the molecule is CCCNC(=O)c1cc(NCCc2ccc(Cl)cc2Cl)nc(C)n1. The third-order valence-corrected chi connectivity index (χ3v) is 3.91. The zero-order chi connectivity index (χ0) is 17.5. The number of nitrogens with one attached hydrogen (secondary N) is 2. The Hall–Kier alpha value is -1.85. The van der Waals surface area contributed by atoms with E-state index < -0.39 is 0 Å². The molecule has 0 atom stereocenters. The van der Waals surface area contributed by atoms with Crippen molar-refractivity contribution in [2.24, 2.45) is 0 Å². The molecular formula is C17H20Cl2N4O. The Bertz CT molecular complexity index is 722. The van der Waals surface area contributed by atoms with Gasteiger partial charge in [0.25, 0.3) is 5.91 Å². The van der Waals surface area contributed by atoms with E-state index in [2.05, 4.69) is 20.6 Å². The second-order valence-corrected chi connectivity index (χ2v) is 6.20. The lowest BCUT2D eigenvalue weighted by atomic mass is 10.1. The minimum absolute atomic E-state index is 0.189. The molecule has 7 heteroatoms. The molecule has 1 amide bonds. The van der Waals surface area contributed by atoms with Crippen LogP contribution in [0.2, 0.25) is 10.0 Å². The van der Waals surface area contributed by atoms with Crippen LogP contribution in [0, 0.1) is 6.92 Å².